The molecule has 0 radical (unpaired) electrons. The predicted molar refractivity (Wildman–Crippen MR) is 68.0 cm³/mol. The molecular weight excluding hydrogens is 218 g/mol. The van der Waals surface area contributed by atoms with E-state index in [0.717, 1.165) is 23.6 Å². The molecule has 2 aromatic heterocycles. The lowest BCUT2D eigenvalue weighted by Crippen LogP contribution is -2.30. The van der Waals surface area contributed by atoms with Crippen molar-refractivity contribution in [2.45, 2.75) is 13.0 Å². The summed E-state index contributed by atoms with van der Waals surface area (Å²) in [6.45, 7) is 3.19. The lowest BCUT2D eigenvalue weighted by atomic mass is 10.2. The molecule has 3 rings (SSSR count). The first-order valence-corrected chi connectivity index (χ1v) is 6.75. The van der Waals surface area contributed by atoms with Crippen LogP contribution in [0.5, 0.6) is 0 Å². The van der Waals surface area contributed by atoms with E-state index >= 15 is 0 Å². The van der Waals surface area contributed by atoms with Crippen LogP contribution in [0.2, 0.25) is 0 Å². The SMILES string of the molecule is Cc1ccc2nc(C3CSCCN3)cn2c1. The Morgan fingerprint density at radius 1 is 1.44 bits per heavy atom. The molecule has 0 amide bonds. The van der Waals surface area contributed by atoms with Gasteiger partial charge in [0.25, 0.3) is 0 Å². The van der Waals surface area contributed by atoms with Crippen LogP contribution >= 0.6 is 11.8 Å². The number of thioether (sulfide) groups is 1. The Balaban J connectivity index is 1.97. The van der Waals surface area contributed by atoms with Crippen molar-refractivity contribution < 1.29 is 0 Å². The van der Waals surface area contributed by atoms with E-state index in [1.54, 1.807) is 0 Å². The van der Waals surface area contributed by atoms with Gasteiger partial charge in [0.05, 0.1) is 11.7 Å². The van der Waals surface area contributed by atoms with E-state index in [2.05, 4.69) is 46.2 Å². The predicted octanol–water partition coefficient (Wildman–Crippen LogP) is 2.02. The van der Waals surface area contributed by atoms with Crippen LogP contribution in [0.3, 0.4) is 0 Å². The average molecular weight is 233 g/mol. The molecule has 3 heterocycles. The largest absolute Gasteiger partial charge is 0.307 e. The minimum atomic E-state index is 0.416. The number of fused-ring (bicyclic) bond motifs is 1. The topological polar surface area (TPSA) is 29.3 Å². The van der Waals surface area contributed by atoms with Crippen molar-refractivity contribution in [3.63, 3.8) is 0 Å². The number of imidazole rings is 1. The lowest BCUT2D eigenvalue weighted by molar-refractivity contribution is 0.583. The first-order chi connectivity index (χ1) is 7.83. The van der Waals surface area contributed by atoms with E-state index in [1.807, 2.05) is 11.8 Å². The summed E-state index contributed by atoms with van der Waals surface area (Å²) >= 11 is 2.00. The van der Waals surface area contributed by atoms with Gasteiger partial charge in [-0.25, -0.2) is 4.98 Å². The molecule has 0 saturated carbocycles. The highest BCUT2D eigenvalue weighted by atomic mass is 32.2. The number of hydrogen-bond acceptors (Lipinski definition) is 3. The highest BCUT2D eigenvalue weighted by Gasteiger charge is 2.17. The number of pyridine rings is 1. The van der Waals surface area contributed by atoms with Gasteiger partial charge in [0.1, 0.15) is 5.65 Å². The van der Waals surface area contributed by atoms with Gasteiger partial charge >= 0.3 is 0 Å². The zero-order chi connectivity index (χ0) is 11.0. The molecule has 1 N–H and O–H groups in total. The summed E-state index contributed by atoms with van der Waals surface area (Å²) in [5, 5.41) is 3.51. The van der Waals surface area contributed by atoms with Crippen LogP contribution in [0.15, 0.2) is 24.5 Å². The Labute approximate surface area is 99.3 Å². The van der Waals surface area contributed by atoms with E-state index in [4.69, 9.17) is 0 Å². The molecule has 1 saturated heterocycles. The van der Waals surface area contributed by atoms with Gasteiger partial charge in [0.2, 0.25) is 0 Å². The molecule has 1 atom stereocenters. The smallest absolute Gasteiger partial charge is 0.137 e. The van der Waals surface area contributed by atoms with Crippen LogP contribution in [0, 0.1) is 6.92 Å². The van der Waals surface area contributed by atoms with Crippen molar-refractivity contribution in [1.29, 1.82) is 0 Å². The molecule has 3 nitrogen and oxygen atoms in total. The second-order valence-electron chi connectivity index (χ2n) is 4.22. The van der Waals surface area contributed by atoms with Gasteiger partial charge in [-0.15, -0.1) is 0 Å². The quantitative estimate of drug-likeness (QED) is 0.817. The molecule has 0 spiro atoms. The van der Waals surface area contributed by atoms with Crippen LogP contribution in [0.4, 0.5) is 0 Å². The molecule has 84 valence electrons. The zero-order valence-corrected chi connectivity index (χ0v) is 10.1. The third-order valence-electron chi connectivity index (χ3n) is 2.90. The summed E-state index contributed by atoms with van der Waals surface area (Å²) in [6.07, 6.45) is 4.27. The summed E-state index contributed by atoms with van der Waals surface area (Å²) in [5.41, 5.74) is 3.47. The highest BCUT2D eigenvalue weighted by molar-refractivity contribution is 7.99. The average Bonchev–Trinajstić information content (AvgIpc) is 2.73. The number of hydrogen-bond donors (Lipinski definition) is 1. The van der Waals surface area contributed by atoms with Gasteiger partial charge in [-0.3, -0.25) is 0 Å². The number of nitrogens with zero attached hydrogens (tertiary/aromatic N) is 2. The fourth-order valence-electron chi connectivity index (χ4n) is 2.05. The summed E-state index contributed by atoms with van der Waals surface area (Å²) in [6, 6.07) is 4.60. The summed E-state index contributed by atoms with van der Waals surface area (Å²) in [4.78, 5) is 4.66. The van der Waals surface area contributed by atoms with E-state index < -0.39 is 0 Å². The number of aryl methyl sites for hydroxylation is 1. The van der Waals surface area contributed by atoms with Crippen molar-refractivity contribution in [1.82, 2.24) is 14.7 Å². The number of rotatable bonds is 1. The van der Waals surface area contributed by atoms with Crippen LogP contribution in [0.25, 0.3) is 5.65 Å². The van der Waals surface area contributed by atoms with Gasteiger partial charge < -0.3 is 9.72 Å². The monoisotopic (exact) mass is 233 g/mol. The zero-order valence-electron chi connectivity index (χ0n) is 9.31. The maximum atomic E-state index is 4.66. The fraction of sp³-hybridized carbons (Fsp3) is 0.417. The van der Waals surface area contributed by atoms with Crippen LogP contribution in [0.1, 0.15) is 17.3 Å². The van der Waals surface area contributed by atoms with E-state index in [9.17, 15) is 0 Å². The molecule has 1 unspecified atom stereocenters. The summed E-state index contributed by atoms with van der Waals surface area (Å²) in [7, 11) is 0. The van der Waals surface area contributed by atoms with Crippen LogP contribution in [-0.2, 0) is 0 Å². The minimum Gasteiger partial charge on any atom is -0.307 e. The third-order valence-corrected chi connectivity index (χ3v) is 3.96. The standard InChI is InChI=1S/C12H15N3S/c1-9-2-3-12-14-10(7-15(12)6-9)11-8-16-5-4-13-11/h2-3,6-7,11,13H,4-5,8H2,1H3. The molecular formula is C12H15N3S. The fourth-order valence-corrected chi connectivity index (χ4v) is 3.00. The first kappa shape index (κ1) is 10.2. The Morgan fingerprint density at radius 2 is 2.38 bits per heavy atom. The molecule has 0 aromatic carbocycles. The maximum absolute atomic E-state index is 4.66. The van der Waals surface area contributed by atoms with Gasteiger partial charge in [-0.05, 0) is 18.6 Å². The first-order valence-electron chi connectivity index (χ1n) is 5.59. The third kappa shape index (κ3) is 1.83. The number of nitrogens with one attached hydrogen (secondary N) is 1. The van der Waals surface area contributed by atoms with Crippen LogP contribution < -0.4 is 5.32 Å². The maximum Gasteiger partial charge on any atom is 0.137 e. The molecule has 1 aliphatic heterocycles. The Kier molecular flexibility index (Phi) is 2.61. The van der Waals surface area contributed by atoms with E-state index in [-0.39, 0.29) is 0 Å². The second kappa shape index (κ2) is 4.11. The minimum absolute atomic E-state index is 0.416. The van der Waals surface area contributed by atoms with Gasteiger partial charge in [0.15, 0.2) is 0 Å². The molecule has 2 aromatic rings. The Bertz CT molecular complexity index is 500. The van der Waals surface area contributed by atoms with Crippen molar-refractivity contribution >= 4 is 17.4 Å². The van der Waals surface area contributed by atoms with E-state index in [1.165, 1.54) is 11.3 Å². The number of aromatic nitrogens is 2. The molecule has 4 heteroatoms. The molecule has 0 aliphatic carbocycles. The molecule has 1 fully saturated rings. The molecule has 0 bridgehead atoms. The van der Waals surface area contributed by atoms with Crippen molar-refractivity contribution in [2.24, 2.45) is 0 Å². The lowest BCUT2D eigenvalue weighted by Gasteiger charge is -2.20. The van der Waals surface area contributed by atoms with Crippen molar-refractivity contribution in [3.05, 3.63) is 35.8 Å². The summed E-state index contributed by atoms with van der Waals surface area (Å²) in [5.74, 6) is 2.34. The van der Waals surface area contributed by atoms with Crippen molar-refractivity contribution in [2.75, 3.05) is 18.1 Å². The van der Waals surface area contributed by atoms with Gasteiger partial charge in [-0.1, -0.05) is 6.07 Å². The highest BCUT2D eigenvalue weighted by Crippen LogP contribution is 2.21. The van der Waals surface area contributed by atoms with E-state index in [0.29, 0.717) is 6.04 Å². The molecule has 1 aliphatic rings. The van der Waals surface area contributed by atoms with Crippen LogP contribution in [-0.4, -0.2) is 27.4 Å². The van der Waals surface area contributed by atoms with Gasteiger partial charge in [-0.2, -0.15) is 11.8 Å². The van der Waals surface area contributed by atoms with Gasteiger partial charge in [0, 0.05) is 30.4 Å². The molecule has 16 heavy (non-hydrogen) atoms. The van der Waals surface area contributed by atoms with Crippen molar-refractivity contribution in [3.8, 4) is 0 Å². The second-order valence-corrected chi connectivity index (χ2v) is 5.37. The normalized spacial score (nSPS) is 21.4. The summed E-state index contributed by atoms with van der Waals surface area (Å²) < 4.78 is 2.12. The Hall–Kier alpha value is -1.00. The Morgan fingerprint density at radius 3 is 3.19 bits per heavy atom.